The van der Waals surface area contributed by atoms with E-state index in [9.17, 15) is 9.50 Å². The molecule has 1 nitrogen and oxygen atoms in total. The lowest BCUT2D eigenvalue weighted by Crippen LogP contribution is -2.20. The number of rotatable bonds is 1. The molecule has 1 aromatic rings. The van der Waals surface area contributed by atoms with Gasteiger partial charge in [-0.25, -0.2) is 4.39 Å². The predicted molar refractivity (Wildman–Crippen MR) is 60.3 cm³/mol. The summed E-state index contributed by atoms with van der Waals surface area (Å²) in [6.07, 6.45) is -0.766. The zero-order valence-corrected chi connectivity index (χ0v) is 10.1. The van der Waals surface area contributed by atoms with Crippen molar-refractivity contribution < 1.29 is 9.50 Å². The first-order valence-electron chi connectivity index (χ1n) is 5.18. The number of benzene rings is 1. The Morgan fingerprint density at radius 3 is 2.13 bits per heavy atom. The molecule has 0 amide bonds. The lowest BCUT2D eigenvalue weighted by Gasteiger charge is -2.28. The summed E-state index contributed by atoms with van der Waals surface area (Å²) in [7, 11) is 0. The minimum Gasteiger partial charge on any atom is -0.388 e. The van der Waals surface area contributed by atoms with E-state index in [1.165, 1.54) is 6.07 Å². The molecule has 0 fully saturated rings. The minimum absolute atomic E-state index is 0.310. The quantitative estimate of drug-likeness (QED) is 0.752. The van der Waals surface area contributed by atoms with E-state index in [4.69, 9.17) is 0 Å². The van der Waals surface area contributed by atoms with Crippen molar-refractivity contribution in [3.63, 3.8) is 0 Å². The second kappa shape index (κ2) is 3.93. The minimum atomic E-state index is -0.766. The first kappa shape index (κ1) is 12.2. The topological polar surface area (TPSA) is 20.2 Å². The molecular weight excluding hydrogens is 191 g/mol. The zero-order chi connectivity index (χ0) is 11.8. The number of halogens is 1. The van der Waals surface area contributed by atoms with E-state index in [-0.39, 0.29) is 11.2 Å². The van der Waals surface area contributed by atoms with Crippen molar-refractivity contribution in [3.8, 4) is 0 Å². The Bertz CT molecular complexity index is 340. The fraction of sp³-hybridized carbons (Fsp3) is 0.538. The van der Waals surface area contributed by atoms with Crippen LogP contribution in [-0.4, -0.2) is 5.11 Å². The van der Waals surface area contributed by atoms with Crippen LogP contribution in [0.1, 0.15) is 43.6 Å². The Labute approximate surface area is 90.9 Å². The van der Waals surface area contributed by atoms with Gasteiger partial charge in [-0.15, -0.1) is 0 Å². The van der Waals surface area contributed by atoms with Crippen LogP contribution < -0.4 is 0 Å². The van der Waals surface area contributed by atoms with Crippen molar-refractivity contribution in [3.05, 3.63) is 34.6 Å². The molecule has 0 bridgehead atoms. The first-order valence-corrected chi connectivity index (χ1v) is 5.18. The highest BCUT2D eigenvalue weighted by Gasteiger charge is 2.27. The van der Waals surface area contributed by atoms with E-state index in [1.807, 2.05) is 40.7 Å². The number of aliphatic hydroxyl groups is 1. The predicted octanol–water partition coefficient (Wildman–Crippen LogP) is 3.52. The molecule has 0 aliphatic carbocycles. The molecule has 0 aliphatic heterocycles. The Morgan fingerprint density at radius 2 is 1.73 bits per heavy atom. The summed E-state index contributed by atoms with van der Waals surface area (Å²) in [5.74, 6) is -0.310. The van der Waals surface area contributed by atoms with Gasteiger partial charge in [-0.3, -0.25) is 0 Å². The monoisotopic (exact) mass is 210 g/mol. The van der Waals surface area contributed by atoms with Crippen molar-refractivity contribution in [1.29, 1.82) is 0 Å². The van der Waals surface area contributed by atoms with E-state index in [0.717, 1.165) is 11.1 Å². The third kappa shape index (κ3) is 2.57. The van der Waals surface area contributed by atoms with Gasteiger partial charge in [0.2, 0.25) is 0 Å². The van der Waals surface area contributed by atoms with E-state index >= 15 is 0 Å². The van der Waals surface area contributed by atoms with Gasteiger partial charge in [-0.05, 0) is 36.5 Å². The van der Waals surface area contributed by atoms with E-state index in [1.54, 1.807) is 0 Å². The molecule has 1 rings (SSSR count). The summed E-state index contributed by atoms with van der Waals surface area (Å²) >= 11 is 0. The van der Waals surface area contributed by atoms with Gasteiger partial charge in [0.15, 0.2) is 0 Å². The number of aryl methyl sites for hydroxylation is 2. The molecule has 0 saturated heterocycles. The smallest absolute Gasteiger partial charge is 0.129 e. The van der Waals surface area contributed by atoms with Crippen molar-refractivity contribution >= 4 is 0 Å². The van der Waals surface area contributed by atoms with Crippen molar-refractivity contribution in [2.24, 2.45) is 5.41 Å². The highest BCUT2D eigenvalue weighted by Crippen LogP contribution is 2.35. The maximum absolute atomic E-state index is 13.7. The largest absolute Gasteiger partial charge is 0.388 e. The summed E-state index contributed by atoms with van der Waals surface area (Å²) in [4.78, 5) is 0. The molecule has 1 unspecified atom stereocenters. The molecule has 2 heteroatoms. The molecule has 1 aromatic carbocycles. The molecule has 0 aliphatic rings. The Kier molecular flexibility index (Phi) is 3.19. The van der Waals surface area contributed by atoms with Gasteiger partial charge in [0.1, 0.15) is 5.82 Å². The van der Waals surface area contributed by atoms with Gasteiger partial charge in [0, 0.05) is 5.56 Å². The maximum Gasteiger partial charge on any atom is 0.129 e. The molecular formula is C13H19FO. The van der Waals surface area contributed by atoms with Crippen LogP contribution in [0.3, 0.4) is 0 Å². The molecule has 0 radical (unpaired) electrons. The van der Waals surface area contributed by atoms with E-state index in [0.29, 0.717) is 5.56 Å². The van der Waals surface area contributed by atoms with Gasteiger partial charge < -0.3 is 5.11 Å². The lowest BCUT2D eigenvalue weighted by atomic mass is 9.82. The number of hydrogen-bond donors (Lipinski definition) is 1. The maximum atomic E-state index is 13.7. The summed E-state index contributed by atoms with van der Waals surface area (Å²) in [6, 6.07) is 3.37. The molecule has 84 valence electrons. The summed E-state index contributed by atoms with van der Waals surface area (Å²) in [5, 5.41) is 10.1. The van der Waals surface area contributed by atoms with Crippen LogP contribution in [-0.2, 0) is 0 Å². The summed E-state index contributed by atoms with van der Waals surface area (Å²) in [6.45, 7) is 9.38. The number of hydrogen-bond acceptors (Lipinski definition) is 1. The SMILES string of the molecule is Cc1cc(C)c(C(O)C(C)(C)C)c(F)c1. The summed E-state index contributed by atoms with van der Waals surface area (Å²) in [5.41, 5.74) is 1.78. The van der Waals surface area contributed by atoms with Gasteiger partial charge in [0.05, 0.1) is 6.10 Å². The Morgan fingerprint density at radius 1 is 1.20 bits per heavy atom. The van der Waals surface area contributed by atoms with Gasteiger partial charge in [-0.1, -0.05) is 26.8 Å². The molecule has 0 saturated carbocycles. The third-order valence-corrected chi connectivity index (χ3v) is 2.57. The molecule has 0 heterocycles. The fourth-order valence-electron chi connectivity index (χ4n) is 1.71. The first-order chi connectivity index (χ1) is 6.73. The molecule has 0 spiro atoms. The van der Waals surface area contributed by atoms with Gasteiger partial charge in [-0.2, -0.15) is 0 Å². The van der Waals surface area contributed by atoms with Crippen LogP contribution in [0.15, 0.2) is 12.1 Å². The fourth-order valence-corrected chi connectivity index (χ4v) is 1.71. The van der Waals surface area contributed by atoms with Gasteiger partial charge in [0.25, 0.3) is 0 Å². The van der Waals surface area contributed by atoms with Crippen LogP contribution in [0.2, 0.25) is 0 Å². The number of aliphatic hydroxyl groups excluding tert-OH is 1. The van der Waals surface area contributed by atoms with Crippen molar-refractivity contribution in [2.45, 2.75) is 40.7 Å². The van der Waals surface area contributed by atoms with Crippen LogP contribution in [0.4, 0.5) is 4.39 Å². The van der Waals surface area contributed by atoms with Crippen LogP contribution >= 0.6 is 0 Å². The Balaban J connectivity index is 3.26. The average Bonchev–Trinajstić information content (AvgIpc) is 1.99. The second-order valence-corrected chi connectivity index (χ2v) is 5.25. The molecule has 0 aromatic heterocycles. The molecule has 1 atom stereocenters. The summed E-state index contributed by atoms with van der Waals surface area (Å²) < 4.78 is 13.7. The Hall–Kier alpha value is -0.890. The zero-order valence-electron chi connectivity index (χ0n) is 10.1. The second-order valence-electron chi connectivity index (χ2n) is 5.25. The van der Waals surface area contributed by atoms with Crippen LogP contribution in [0.25, 0.3) is 0 Å². The third-order valence-electron chi connectivity index (χ3n) is 2.57. The average molecular weight is 210 g/mol. The van der Waals surface area contributed by atoms with Crippen LogP contribution in [0.5, 0.6) is 0 Å². The van der Waals surface area contributed by atoms with Crippen LogP contribution in [0, 0.1) is 25.1 Å². The molecule has 15 heavy (non-hydrogen) atoms. The van der Waals surface area contributed by atoms with Crippen molar-refractivity contribution in [1.82, 2.24) is 0 Å². The molecule has 1 N–H and O–H groups in total. The highest BCUT2D eigenvalue weighted by molar-refractivity contribution is 5.34. The lowest BCUT2D eigenvalue weighted by molar-refractivity contribution is 0.0589. The standard InChI is InChI=1S/C13H19FO/c1-8-6-9(2)11(10(14)7-8)12(15)13(3,4)5/h6-7,12,15H,1-5H3. The highest BCUT2D eigenvalue weighted by atomic mass is 19.1. The van der Waals surface area contributed by atoms with Crippen molar-refractivity contribution in [2.75, 3.05) is 0 Å². The van der Waals surface area contributed by atoms with E-state index < -0.39 is 6.10 Å². The normalized spacial score (nSPS) is 14.1. The van der Waals surface area contributed by atoms with Gasteiger partial charge >= 0.3 is 0 Å². The van der Waals surface area contributed by atoms with E-state index in [2.05, 4.69) is 0 Å².